The molecule has 0 aliphatic carbocycles. The number of hydrogen-bond acceptors (Lipinski definition) is 5. The van der Waals surface area contributed by atoms with E-state index in [1.165, 1.54) is 212 Å². The van der Waals surface area contributed by atoms with Crippen LogP contribution in [0.4, 0.5) is 0 Å². The number of aliphatic hydroxyl groups excluding tert-OH is 1. The Bertz CT molecular complexity index is 1520. The fraction of sp³-hybridized carbons (Fsp3) is 0.814. The summed E-state index contributed by atoms with van der Waals surface area (Å²) in [6.45, 7) is 4.81. The van der Waals surface area contributed by atoms with Gasteiger partial charge in [0.05, 0.1) is 39.9 Å². The van der Waals surface area contributed by atoms with Gasteiger partial charge in [-0.2, -0.15) is 0 Å². The summed E-state index contributed by atoms with van der Waals surface area (Å²) in [6, 6.07) is -0.763. The van der Waals surface area contributed by atoms with E-state index in [1.54, 1.807) is 0 Å². The van der Waals surface area contributed by atoms with Crippen molar-refractivity contribution >= 4 is 13.7 Å². The SMILES string of the molecule is CC/C=C\C/C=C\C/C=C\C/C=C\C/C=C\C/C=C\CCCCCCCCCCCCCCCCCCCCC(=O)NC(COP(=O)(O)OCC[N+](C)(C)C)C(O)CCCCCCCCCCCCCCCCCCCCCC. The fourth-order valence-electron chi connectivity index (χ4n) is 10.00. The molecule has 79 heavy (non-hydrogen) atoms. The molecule has 0 saturated carbocycles. The third kappa shape index (κ3) is 63.4. The highest BCUT2D eigenvalue weighted by Crippen LogP contribution is 2.43. The largest absolute Gasteiger partial charge is 0.472 e. The van der Waals surface area contributed by atoms with Crippen LogP contribution in [0.3, 0.4) is 0 Å². The van der Waals surface area contributed by atoms with Gasteiger partial charge >= 0.3 is 7.82 Å². The molecule has 0 aromatic carbocycles. The second kappa shape index (κ2) is 60.5. The first-order chi connectivity index (χ1) is 38.5. The first kappa shape index (κ1) is 76.9. The molecule has 9 heteroatoms. The molecule has 0 bridgehead atoms. The predicted octanol–water partition coefficient (Wildman–Crippen LogP) is 21.4. The molecule has 0 heterocycles. The molecule has 3 unspecified atom stereocenters. The lowest BCUT2D eigenvalue weighted by molar-refractivity contribution is -0.870. The first-order valence-electron chi connectivity index (χ1n) is 33.8. The summed E-state index contributed by atoms with van der Waals surface area (Å²) in [4.78, 5) is 23.4. The van der Waals surface area contributed by atoms with Crippen LogP contribution in [-0.4, -0.2) is 73.4 Å². The topological polar surface area (TPSA) is 105 Å². The lowest BCUT2D eigenvalue weighted by Crippen LogP contribution is -2.46. The van der Waals surface area contributed by atoms with Gasteiger partial charge in [0, 0.05) is 6.42 Å². The van der Waals surface area contributed by atoms with Gasteiger partial charge in [-0.15, -0.1) is 0 Å². The second-order valence-corrected chi connectivity index (χ2v) is 25.6. The van der Waals surface area contributed by atoms with E-state index in [2.05, 4.69) is 92.1 Å². The van der Waals surface area contributed by atoms with E-state index < -0.39 is 20.0 Å². The molecule has 0 aliphatic heterocycles. The Morgan fingerprint density at radius 3 is 1.11 bits per heavy atom. The quantitative estimate of drug-likeness (QED) is 0.0243. The van der Waals surface area contributed by atoms with Gasteiger partial charge in [-0.25, -0.2) is 4.57 Å². The van der Waals surface area contributed by atoms with E-state index in [-0.39, 0.29) is 19.1 Å². The summed E-state index contributed by atoms with van der Waals surface area (Å²) < 4.78 is 23.9. The lowest BCUT2D eigenvalue weighted by Gasteiger charge is -2.26. The minimum atomic E-state index is -4.33. The molecular formula is C70H132N2O6P+. The number of phosphoric acid groups is 1. The number of hydrogen-bond donors (Lipinski definition) is 3. The van der Waals surface area contributed by atoms with Crippen LogP contribution in [0.2, 0.25) is 0 Å². The van der Waals surface area contributed by atoms with Crippen molar-refractivity contribution in [3.63, 3.8) is 0 Å². The number of nitrogens with one attached hydrogen (secondary N) is 1. The molecule has 0 rings (SSSR count). The minimum absolute atomic E-state index is 0.0747. The van der Waals surface area contributed by atoms with E-state index in [0.29, 0.717) is 23.9 Å². The summed E-state index contributed by atoms with van der Waals surface area (Å²) in [5, 5.41) is 14.1. The first-order valence-corrected chi connectivity index (χ1v) is 35.3. The number of allylic oxidation sites excluding steroid dienone is 12. The summed E-state index contributed by atoms with van der Waals surface area (Å²) in [5.74, 6) is -0.140. The van der Waals surface area contributed by atoms with Crippen LogP contribution in [-0.2, 0) is 18.4 Å². The molecule has 0 aliphatic rings. The molecule has 8 nitrogen and oxygen atoms in total. The maximum atomic E-state index is 13.1. The summed E-state index contributed by atoms with van der Waals surface area (Å²) in [7, 11) is 1.62. The van der Waals surface area contributed by atoms with Gasteiger partial charge in [0.25, 0.3) is 0 Å². The Morgan fingerprint density at radius 2 is 0.759 bits per heavy atom. The molecule has 1 amide bonds. The number of nitrogens with zero attached hydrogens (tertiary/aromatic N) is 1. The Balaban J connectivity index is 3.99. The van der Waals surface area contributed by atoms with Gasteiger partial charge in [0.1, 0.15) is 13.2 Å². The van der Waals surface area contributed by atoms with Gasteiger partial charge in [-0.3, -0.25) is 13.8 Å². The minimum Gasteiger partial charge on any atom is -0.391 e. The molecule has 462 valence electrons. The summed E-state index contributed by atoms with van der Waals surface area (Å²) >= 11 is 0. The molecule has 0 spiro atoms. The zero-order chi connectivity index (χ0) is 57.7. The van der Waals surface area contributed by atoms with E-state index in [4.69, 9.17) is 9.05 Å². The third-order valence-corrected chi connectivity index (χ3v) is 16.2. The fourth-order valence-corrected chi connectivity index (χ4v) is 10.7. The molecule has 0 radical (unpaired) electrons. The Hall–Kier alpha value is -2.06. The molecule has 0 fully saturated rings. The molecule has 3 atom stereocenters. The molecule has 0 aromatic rings. The standard InChI is InChI=1S/C70H131N2O6P/c1-6-8-10-12-14-16-18-20-22-24-26-28-29-30-31-32-33-34-35-36-37-38-39-40-41-42-43-44-46-48-50-52-54-56-58-60-62-64-70(74)71-68(67-78-79(75,76)77-66-65-72(3,4)5)69(73)63-61-59-57-55-53-51-49-47-45-27-25-23-21-19-17-15-13-11-9-7-2/h8,10,14,16,20,22,26,28,30-31,33-34,68-69,73H,6-7,9,11-13,15,17-19,21,23-25,27,29,32,35-67H2,1-5H3,(H-,71,74,75,76)/p+1/b10-8-,16-14-,22-20-,28-26-,31-30-,34-33-. The number of rotatable bonds is 62. The number of unbranched alkanes of at least 4 members (excludes halogenated alkanes) is 37. The van der Waals surface area contributed by atoms with Crippen molar-refractivity contribution in [2.45, 2.75) is 328 Å². The van der Waals surface area contributed by atoms with Crippen molar-refractivity contribution in [2.75, 3.05) is 40.9 Å². The molecule has 0 saturated heterocycles. The van der Waals surface area contributed by atoms with Crippen LogP contribution in [0.25, 0.3) is 0 Å². The van der Waals surface area contributed by atoms with Crippen LogP contribution in [0.5, 0.6) is 0 Å². The average molecular weight is 1130 g/mol. The van der Waals surface area contributed by atoms with Crippen LogP contribution in [0.1, 0.15) is 316 Å². The van der Waals surface area contributed by atoms with Crippen LogP contribution in [0, 0.1) is 0 Å². The number of carbonyl (C=O) groups excluding carboxylic acids is 1. The van der Waals surface area contributed by atoms with Gasteiger partial charge < -0.3 is 19.8 Å². The van der Waals surface area contributed by atoms with Crippen LogP contribution >= 0.6 is 7.82 Å². The molecular weight excluding hydrogens is 996 g/mol. The van der Waals surface area contributed by atoms with E-state index in [0.717, 1.165) is 77.0 Å². The van der Waals surface area contributed by atoms with Crippen molar-refractivity contribution in [1.29, 1.82) is 0 Å². The lowest BCUT2D eigenvalue weighted by atomic mass is 10.0. The van der Waals surface area contributed by atoms with Gasteiger partial charge in [-0.1, -0.05) is 318 Å². The van der Waals surface area contributed by atoms with Crippen molar-refractivity contribution < 1.29 is 32.9 Å². The van der Waals surface area contributed by atoms with Crippen LogP contribution in [0.15, 0.2) is 72.9 Å². The number of quaternary nitrogens is 1. The summed E-state index contributed by atoms with van der Waals surface area (Å²) in [6.07, 6.45) is 84.2. The molecule has 3 N–H and O–H groups in total. The highest BCUT2D eigenvalue weighted by molar-refractivity contribution is 7.47. The van der Waals surface area contributed by atoms with Crippen LogP contribution < -0.4 is 5.32 Å². The summed E-state index contributed by atoms with van der Waals surface area (Å²) in [5.41, 5.74) is 0. The normalized spacial score (nSPS) is 14.2. The number of aliphatic hydroxyl groups is 1. The van der Waals surface area contributed by atoms with E-state index in [9.17, 15) is 19.4 Å². The highest BCUT2D eigenvalue weighted by atomic mass is 31.2. The van der Waals surface area contributed by atoms with Gasteiger partial charge in [-0.05, 0) is 64.2 Å². The third-order valence-electron chi connectivity index (χ3n) is 15.2. The monoisotopic (exact) mass is 1130 g/mol. The van der Waals surface area contributed by atoms with Crippen molar-refractivity contribution in [3.05, 3.63) is 72.9 Å². The van der Waals surface area contributed by atoms with Gasteiger partial charge in [0.15, 0.2) is 0 Å². The van der Waals surface area contributed by atoms with E-state index >= 15 is 0 Å². The smallest absolute Gasteiger partial charge is 0.391 e. The number of likely N-dealkylation sites (N-methyl/N-ethyl adjacent to an activating group) is 1. The highest BCUT2D eigenvalue weighted by Gasteiger charge is 2.28. The second-order valence-electron chi connectivity index (χ2n) is 24.2. The number of amides is 1. The Kier molecular flexibility index (Phi) is 59.0. The Morgan fingerprint density at radius 1 is 0.443 bits per heavy atom. The van der Waals surface area contributed by atoms with Crippen molar-refractivity contribution in [2.24, 2.45) is 0 Å². The Labute approximate surface area is 491 Å². The maximum absolute atomic E-state index is 13.1. The average Bonchev–Trinajstić information content (AvgIpc) is 3.42. The number of phosphoric ester groups is 1. The zero-order valence-electron chi connectivity index (χ0n) is 52.9. The maximum Gasteiger partial charge on any atom is 0.472 e. The predicted molar refractivity (Wildman–Crippen MR) is 346 cm³/mol. The zero-order valence-corrected chi connectivity index (χ0v) is 53.8. The number of carbonyl (C=O) groups is 1. The van der Waals surface area contributed by atoms with Gasteiger partial charge in [0.2, 0.25) is 5.91 Å². The van der Waals surface area contributed by atoms with Crippen molar-refractivity contribution in [3.8, 4) is 0 Å². The van der Waals surface area contributed by atoms with E-state index in [1.807, 2.05) is 21.1 Å². The molecule has 0 aromatic heterocycles. The van der Waals surface area contributed by atoms with Crippen molar-refractivity contribution in [1.82, 2.24) is 5.32 Å².